The Labute approximate surface area is 224 Å². The molecule has 1 aliphatic carbocycles. The number of anilines is 1. The first-order valence-electron chi connectivity index (χ1n) is 11.3. The van der Waals surface area contributed by atoms with Crippen LogP contribution in [0.5, 0.6) is 0 Å². The summed E-state index contributed by atoms with van der Waals surface area (Å²) in [5, 5.41) is 19.7. The van der Waals surface area contributed by atoms with Crippen LogP contribution in [-0.4, -0.2) is 72.5 Å². The number of nitrogen functional groups attached to an aromatic ring is 1. The Morgan fingerprint density at radius 1 is 1.41 bits per heavy atom. The molecule has 0 aromatic carbocycles. The highest BCUT2D eigenvalue weighted by atomic mass is 32.2. The van der Waals surface area contributed by atoms with Gasteiger partial charge >= 0.3 is 5.97 Å². The van der Waals surface area contributed by atoms with Crippen LogP contribution in [0.3, 0.4) is 0 Å². The van der Waals surface area contributed by atoms with Crippen molar-refractivity contribution in [2.75, 3.05) is 17.2 Å². The third-order valence-electron chi connectivity index (χ3n) is 5.63. The molecule has 5 rings (SSSR count). The molecular weight excluding hydrogens is 536 g/mol. The van der Waals surface area contributed by atoms with Gasteiger partial charge in [0.15, 0.2) is 10.8 Å². The Bertz CT molecular complexity index is 1310. The van der Waals surface area contributed by atoms with Gasteiger partial charge in [0.1, 0.15) is 28.9 Å². The van der Waals surface area contributed by atoms with Crippen LogP contribution in [0.4, 0.5) is 5.13 Å². The van der Waals surface area contributed by atoms with Crippen molar-refractivity contribution in [2.24, 2.45) is 5.16 Å². The summed E-state index contributed by atoms with van der Waals surface area (Å²) in [5.41, 5.74) is 7.44. The molecule has 2 aromatic heterocycles. The highest BCUT2D eigenvalue weighted by Crippen LogP contribution is 2.41. The summed E-state index contributed by atoms with van der Waals surface area (Å²) in [6.45, 7) is 0. The van der Waals surface area contributed by atoms with Crippen molar-refractivity contribution < 1.29 is 24.3 Å². The number of carboxylic acids is 1. The summed E-state index contributed by atoms with van der Waals surface area (Å²) in [7, 11) is 0. The van der Waals surface area contributed by atoms with E-state index in [1.54, 1.807) is 17.8 Å². The fourth-order valence-electron chi connectivity index (χ4n) is 3.66. The number of hydrogen-bond donors (Lipinski definition) is 3. The zero-order valence-electron chi connectivity index (χ0n) is 19.3. The van der Waals surface area contributed by atoms with Gasteiger partial charge in [-0.05, 0) is 41.5 Å². The lowest BCUT2D eigenvalue weighted by Gasteiger charge is -2.49. The van der Waals surface area contributed by atoms with Crippen LogP contribution in [-0.2, 0) is 19.2 Å². The molecule has 0 bridgehead atoms. The number of aromatic nitrogens is 2. The van der Waals surface area contributed by atoms with E-state index in [1.165, 1.54) is 28.4 Å². The van der Waals surface area contributed by atoms with E-state index in [0.717, 1.165) is 29.7 Å². The lowest BCUT2D eigenvalue weighted by molar-refractivity contribution is -0.150. The molecule has 1 saturated carbocycles. The molecule has 2 fully saturated rings. The number of pyridine rings is 1. The van der Waals surface area contributed by atoms with E-state index >= 15 is 0 Å². The molecule has 1 saturated heterocycles. The van der Waals surface area contributed by atoms with E-state index < -0.39 is 29.2 Å². The van der Waals surface area contributed by atoms with Gasteiger partial charge in [0.2, 0.25) is 0 Å². The van der Waals surface area contributed by atoms with Crippen molar-refractivity contribution in [1.82, 2.24) is 20.2 Å². The molecule has 11 nitrogen and oxygen atoms in total. The quantitative estimate of drug-likeness (QED) is 0.224. The minimum Gasteiger partial charge on any atom is -0.477 e. The number of fused-ring (bicyclic) bond motifs is 1. The third kappa shape index (κ3) is 5.65. The Morgan fingerprint density at radius 3 is 2.92 bits per heavy atom. The SMILES string of the molecule is Nc1nc(C(=NOC2CC2)C(=O)N[C@@H]2C(=O)N3C(C(=O)O)=C(CS/C=C\c4cccnc4)CS[C@@H]23)cs1. The maximum atomic E-state index is 13.1. The number of nitrogens with two attached hydrogens (primary N) is 1. The summed E-state index contributed by atoms with van der Waals surface area (Å²) in [5.74, 6) is -1.46. The van der Waals surface area contributed by atoms with Crippen LogP contribution >= 0.6 is 34.9 Å². The monoisotopic (exact) mass is 558 g/mol. The van der Waals surface area contributed by atoms with Crippen LogP contribution in [0.15, 0.2) is 51.7 Å². The maximum Gasteiger partial charge on any atom is 0.352 e. The van der Waals surface area contributed by atoms with E-state index in [1.807, 2.05) is 23.6 Å². The van der Waals surface area contributed by atoms with E-state index in [0.29, 0.717) is 17.1 Å². The average molecular weight is 559 g/mol. The average Bonchev–Trinajstić information content (AvgIpc) is 3.63. The van der Waals surface area contributed by atoms with Crippen LogP contribution < -0.4 is 11.1 Å². The number of rotatable bonds is 10. The van der Waals surface area contributed by atoms with E-state index in [9.17, 15) is 19.5 Å². The molecule has 2 aromatic rings. The van der Waals surface area contributed by atoms with Gasteiger partial charge in [-0.25, -0.2) is 9.78 Å². The van der Waals surface area contributed by atoms with Crippen LogP contribution in [0, 0.1) is 0 Å². The van der Waals surface area contributed by atoms with Gasteiger partial charge in [-0.15, -0.1) is 34.9 Å². The third-order valence-corrected chi connectivity index (χ3v) is 8.49. The summed E-state index contributed by atoms with van der Waals surface area (Å²) >= 11 is 4.00. The fourth-order valence-corrected chi connectivity index (χ4v) is 6.47. The lowest BCUT2D eigenvalue weighted by atomic mass is 10.0. The standard InChI is InChI=1S/C23H22N6O5S3/c24-23-26-15(11-37-23)16(28-34-14-3-4-14)19(30)27-17-20(31)29-18(22(32)33)13(10-36-21(17)29)9-35-7-5-12-2-1-6-25-8-12/h1-2,5-8,11,14,17,21H,3-4,9-10H2,(H2,24,26)(H,27,30)(H,32,33)/b7-5-,28-16?/t17-,21+/m1/s1. The molecule has 4 N–H and O–H groups in total. The Hall–Kier alpha value is -3.36. The molecule has 2 amide bonds. The second kappa shape index (κ2) is 10.9. The van der Waals surface area contributed by atoms with Crippen molar-refractivity contribution in [3.63, 3.8) is 0 Å². The van der Waals surface area contributed by atoms with Gasteiger partial charge in [0, 0.05) is 29.3 Å². The minimum atomic E-state index is -1.17. The second-order valence-corrected chi connectivity index (χ2v) is 11.2. The van der Waals surface area contributed by atoms with Crippen LogP contribution in [0.25, 0.3) is 6.08 Å². The van der Waals surface area contributed by atoms with E-state index in [2.05, 4.69) is 20.4 Å². The number of oxime groups is 1. The van der Waals surface area contributed by atoms with Crippen molar-refractivity contribution in [3.8, 4) is 0 Å². The predicted octanol–water partition coefficient (Wildman–Crippen LogP) is 2.15. The van der Waals surface area contributed by atoms with Gasteiger partial charge in [0.25, 0.3) is 11.8 Å². The zero-order chi connectivity index (χ0) is 25.9. The largest absolute Gasteiger partial charge is 0.477 e. The molecule has 3 aliphatic rings. The predicted molar refractivity (Wildman–Crippen MR) is 143 cm³/mol. The molecule has 4 heterocycles. The number of carbonyl (C=O) groups is 3. The van der Waals surface area contributed by atoms with Gasteiger partial charge < -0.3 is 21.0 Å². The second-order valence-electron chi connectivity index (χ2n) is 8.33. The molecule has 192 valence electrons. The molecule has 0 unspecified atom stereocenters. The van der Waals surface area contributed by atoms with Crippen molar-refractivity contribution >= 4 is 69.6 Å². The number of amides is 2. The number of nitrogens with zero attached hydrogens (tertiary/aromatic N) is 4. The van der Waals surface area contributed by atoms with Gasteiger partial charge in [-0.2, -0.15) is 0 Å². The van der Waals surface area contributed by atoms with Gasteiger partial charge in [-0.1, -0.05) is 11.2 Å². The number of thioether (sulfide) groups is 2. The fraction of sp³-hybridized carbons (Fsp3) is 0.304. The number of aliphatic carboxylic acids is 1. The summed E-state index contributed by atoms with van der Waals surface area (Å²) in [6, 6.07) is 2.85. The molecule has 14 heteroatoms. The molecule has 2 aliphatic heterocycles. The minimum absolute atomic E-state index is 0.0280. The maximum absolute atomic E-state index is 13.1. The Kier molecular flexibility index (Phi) is 7.48. The zero-order valence-corrected chi connectivity index (χ0v) is 21.7. The number of carbonyl (C=O) groups excluding carboxylic acids is 2. The van der Waals surface area contributed by atoms with Crippen LogP contribution in [0.2, 0.25) is 0 Å². The highest BCUT2D eigenvalue weighted by molar-refractivity contribution is 8.02. The highest BCUT2D eigenvalue weighted by Gasteiger charge is 2.54. The van der Waals surface area contributed by atoms with Crippen molar-refractivity contribution in [2.45, 2.75) is 30.4 Å². The molecular formula is C23H22N6O5S3. The van der Waals surface area contributed by atoms with E-state index in [-0.39, 0.29) is 28.3 Å². The first-order valence-corrected chi connectivity index (χ1v) is 14.2. The number of β-lactam (4-membered cyclic amide) rings is 1. The number of carboxylic acid groups (broad SMARTS) is 1. The lowest BCUT2D eigenvalue weighted by Crippen LogP contribution is -2.71. The molecule has 37 heavy (non-hydrogen) atoms. The number of thiazole rings is 1. The normalized spacial score (nSPS) is 21.6. The Morgan fingerprint density at radius 2 is 2.24 bits per heavy atom. The molecule has 0 spiro atoms. The number of hydrogen-bond acceptors (Lipinski definition) is 11. The summed E-state index contributed by atoms with van der Waals surface area (Å²) < 4.78 is 0. The smallest absolute Gasteiger partial charge is 0.352 e. The van der Waals surface area contributed by atoms with Gasteiger partial charge in [-0.3, -0.25) is 19.5 Å². The van der Waals surface area contributed by atoms with Crippen LogP contribution in [0.1, 0.15) is 24.1 Å². The topological polar surface area (TPSA) is 160 Å². The summed E-state index contributed by atoms with van der Waals surface area (Å²) in [4.78, 5) is 52.9. The van der Waals surface area contributed by atoms with E-state index in [4.69, 9.17) is 10.6 Å². The molecule has 0 radical (unpaired) electrons. The number of nitrogens with one attached hydrogen (secondary N) is 1. The van der Waals surface area contributed by atoms with Gasteiger partial charge in [0.05, 0.1) is 0 Å². The van der Waals surface area contributed by atoms with Crippen molar-refractivity contribution in [3.05, 3.63) is 57.8 Å². The van der Waals surface area contributed by atoms with Crippen molar-refractivity contribution in [1.29, 1.82) is 0 Å². The summed E-state index contributed by atoms with van der Waals surface area (Å²) in [6.07, 6.45) is 6.99. The first kappa shape index (κ1) is 25.3. The molecule has 2 atom stereocenters. The first-order chi connectivity index (χ1) is 17.9. The Balaban J connectivity index is 1.26.